The molecule has 0 spiro atoms. The summed E-state index contributed by atoms with van der Waals surface area (Å²) in [6.07, 6.45) is 1.23. The average Bonchev–Trinajstić information content (AvgIpc) is 3.11. The van der Waals surface area contributed by atoms with Gasteiger partial charge in [-0.3, -0.25) is 0 Å². The molecule has 1 aliphatic heterocycles. The predicted molar refractivity (Wildman–Crippen MR) is 94.8 cm³/mol. The molecule has 26 heavy (non-hydrogen) atoms. The van der Waals surface area contributed by atoms with Crippen LogP contribution in [0.3, 0.4) is 0 Å². The summed E-state index contributed by atoms with van der Waals surface area (Å²) in [5, 5.41) is 0. The lowest BCUT2D eigenvalue weighted by atomic mass is 10.1. The van der Waals surface area contributed by atoms with E-state index in [0.29, 0.717) is 23.8 Å². The van der Waals surface area contributed by atoms with Crippen LogP contribution in [-0.2, 0) is 0 Å². The van der Waals surface area contributed by atoms with Crippen LogP contribution >= 0.6 is 0 Å². The predicted octanol–water partition coefficient (Wildman–Crippen LogP) is 3.38. The third kappa shape index (κ3) is 2.50. The Kier molecular flexibility index (Phi) is 3.24. The van der Waals surface area contributed by atoms with Crippen molar-refractivity contribution in [2.45, 2.75) is 6.10 Å². The van der Waals surface area contributed by atoms with Crippen LogP contribution in [0.1, 0.15) is 12.0 Å². The van der Waals surface area contributed by atoms with Crippen molar-refractivity contribution >= 4 is 17.0 Å². The minimum Gasteiger partial charge on any atom is -0.485 e. The second kappa shape index (κ2) is 5.73. The van der Waals surface area contributed by atoms with E-state index in [1.54, 1.807) is 12.3 Å². The van der Waals surface area contributed by atoms with Crippen LogP contribution in [0.2, 0.25) is 0 Å². The molecule has 2 aromatic carbocycles. The Morgan fingerprint density at radius 2 is 1.88 bits per heavy atom. The molecule has 2 N–H and O–H groups in total. The Morgan fingerprint density at radius 1 is 1.00 bits per heavy atom. The summed E-state index contributed by atoms with van der Waals surface area (Å²) in [4.78, 5) is 12.7. The number of hydrogen-bond acceptors (Lipinski definition) is 7. The van der Waals surface area contributed by atoms with Gasteiger partial charge in [0.05, 0.1) is 5.69 Å². The first-order valence-corrected chi connectivity index (χ1v) is 8.14. The number of fused-ring (bicyclic) bond motifs is 2. The highest BCUT2D eigenvalue weighted by molar-refractivity contribution is 5.79. The van der Waals surface area contributed by atoms with Gasteiger partial charge in [-0.05, 0) is 30.3 Å². The molecule has 1 atom stereocenters. The molecule has 0 radical (unpaired) electrons. The van der Waals surface area contributed by atoms with Gasteiger partial charge in [0.1, 0.15) is 12.1 Å². The summed E-state index contributed by atoms with van der Waals surface area (Å²) in [5.41, 5.74) is 8.66. The van der Waals surface area contributed by atoms with Crippen molar-refractivity contribution in [3.8, 4) is 22.8 Å². The number of anilines is 1. The van der Waals surface area contributed by atoms with Gasteiger partial charge in [0.2, 0.25) is 17.9 Å². The fraction of sp³-hybridized carbons (Fsp3) is 0.105. The molecule has 1 aliphatic rings. The summed E-state index contributed by atoms with van der Waals surface area (Å²) in [7, 11) is 0. The van der Waals surface area contributed by atoms with Crippen LogP contribution in [0.15, 0.2) is 59.1 Å². The topological polar surface area (TPSA) is 96.3 Å². The lowest BCUT2D eigenvalue weighted by Gasteiger charge is -2.24. The zero-order chi connectivity index (χ0) is 17.5. The molecule has 0 fully saturated rings. The number of benzene rings is 2. The highest BCUT2D eigenvalue weighted by Gasteiger charge is 2.26. The number of ether oxygens (including phenoxy) is 2. The highest BCUT2D eigenvalue weighted by atomic mass is 16.6. The molecule has 1 unspecified atom stereocenters. The van der Waals surface area contributed by atoms with E-state index < -0.39 is 6.10 Å². The van der Waals surface area contributed by atoms with Crippen molar-refractivity contribution in [3.63, 3.8) is 0 Å². The molecule has 3 heterocycles. The van der Waals surface area contributed by atoms with E-state index in [0.717, 1.165) is 22.5 Å². The van der Waals surface area contributed by atoms with Gasteiger partial charge in [0, 0.05) is 11.8 Å². The summed E-state index contributed by atoms with van der Waals surface area (Å²) in [5.74, 6) is 2.12. The third-order valence-corrected chi connectivity index (χ3v) is 4.16. The van der Waals surface area contributed by atoms with Crippen molar-refractivity contribution in [1.29, 1.82) is 0 Å². The van der Waals surface area contributed by atoms with Crippen molar-refractivity contribution in [2.75, 3.05) is 12.3 Å². The van der Waals surface area contributed by atoms with E-state index in [9.17, 15) is 0 Å². The van der Waals surface area contributed by atoms with E-state index in [-0.39, 0.29) is 5.95 Å². The standard InChI is InChI=1S/C19H14N4O3/c20-19-21-8-7-12(23-19)11-5-6-13-16(9-11)26-18(22-13)17-10-24-14-3-1-2-4-15(14)25-17/h1-9,17H,10H2,(H2,20,21,23). The lowest BCUT2D eigenvalue weighted by molar-refractivity contribution is 0.0726. The van der Waals surface area contributed by atoms with Crippen LogP contribution < -0.4 is 15.2 Å². The first kappa shape index (κ1) is 14.7. The van der Waals surface area contributed by atoms with Gasteiger partial charge < -0.3 is 19.6 Å². The fourth-order valence-electron chi connectivity index (χ4n) is 2.92. The smallest absolute Gasteiger partial charge is 0.240 e. The quantitative estimate of drug-likeness (QED) is 0.594. The van der Waals surface area contributed by atoms with Crippen molar-refractivity contribution in [2.24, 2.45) is 0 Å². The molecule has 5 rings (SSSR count). The normalized spacial score (nSPS) is 15.9. The summed E-state index contributed by atoms with van der Waals surface area (Å²) in [6, 6.07) is 15.0. The molecule has 0 saturated carbocycles. The molecule has 0 aliphatic carbocycles. The number of nitrogens with two attached hydrogens (primary N) is 1. The Hall–Kier alpha value is -3.61. The largest absolute Gasteiger partial charge is 0.485 e. The number of oxazole rings is 1. The summed E-state index contributed by atoms with van der Waals surface area (Å²) in [6.45, 7) is 0.346. The fourth-order valence-corrected chi connectivity index (χ4v) is 2.92. The zero-order valence-corrected chi connectivity index (χ0v) is 13.6. The minimum atomic E-state index is -0.393. The van der Waals surface area contributed by atoms with Crippen molar-refractivity contribution in [1.82, 2.24) is 15.0 Å². The Bertz CT molecular complexity index is 1110. The van der Waals surface area contributed by atoms with Crippen LogP contribution in [0, 0.1) is 0 Å². The van der Waals surface area contributed by atoms with Crippen LogP contribution in [0.5, 0.6) is 11.5 Å². The second-order valence-electron chi connectivity index (χ2n) is 5.90. The van der Waals surface area contributed by atoms with E-state index in [1.165, 1.54) is 0 Å². The maximum atomic E-state index is 5.96. The minimum absolute atomic E-state index is 0.229. The van der Waals surface area contributed by atoms with E-state index >= 15 is 0 Å². The van der Waals surface area contributed by atoms with Gasteiger partial charge in [-0.15, -0.1) is 0 Å². The molecular weight excluding hydrogens is 332 g/mol. The number of hydrogen-bond donors (Lipinski definition) is 1. The highest BCUT2D eigenvalue weighted by Crippen LogP contribution is 2.36. The van der Waals surface area contributed by atoms with E-state index in [4.69, 9.17) is 19.6 Å². The number of nitrogens with zero attached hydrogens (tertiary/aromatic N) is 3. The Labute approximate surface area is 148 Å². The van der Waals surface area contributed by atoms with Crippen LogP contribution in [-0.4, -0.2) is 21.6 Å². The van der Waals surface area contributed by atoms with Gasteiger partial charge in [0.25, 0.3) is 0 Å². The van der Waals surface area contributed by atoms with Gasteiger partial charge in [-0.2, -0.15) is 0 Å². The second-order valence-corrected chi connectivity index (χ2v) is 5.90. The lowest BCUT2D eigenvalue weighted by Crippen LogP contribution is -2.21. The molecule has 0 bridgehead atoms. The van der Waals surface area contributed by atoms with Crippen molar-refractivity contribution in [3.05, 3.63) is 60.6 Å². The Morgan fingerprint density at radius 3 is 2.77 bits per heavy atom. The van der Waals surface area contributed by atoms with Crippen molar-refractivity contribution < 1.29 is 13.9 Å². The SMILES string of the molecule is Nc1nccc(-c2ccc3nc(C4COc5ccccc5O4)oc3c2)n1. The molecule has 7 heteroatoms. The monoisotopic (exact) mass is 346 g/mol. The third-order valence-electron chi connectivity index (χ3n) is 4.16. The molecule has 128 valence electrons. The van der Waals surface area contributed by atoms with E-state index in [2.05, 4.69) is 15.0 Å². The first-order valence-electron chi connectivity index (χ1n) is 8.14. The van der Waals surface area contributed by atoms with Gasteiger partial charge >= 0.3 is 0 Å². The summed E-state index contributed by atoms with van der Waals surface area (Å²) < 4.78 is 17.6. The maximum Gasteiger partial charge on any atom is 0.240 e. The molecule has 4 aromatic rings. The molecular formula is C19H14N4O3. The molecule has 0 amide bonds. The van der Waals surface area contributed by atoms with Gasteiger partial charge in [0.15, 0.2) is 17.1 Å². The number of aromatic nitrogens is 3. The first-order chi connectivity index (χ1) is 12.8. The number of nitrogen functional groups attached to an aromatic ring is 1. The molecule has 7 nitrogen and oxygen atoms in total. The number of para-hydroxylation sites is 2. The number of rotatable bonds is 2. The van der Waals surface area contributed by atoms with Crippen LogP contribution in [0.25, 0.3) is 22.4 Å². The van der Waals surface area contributed by atoms with Gasteiger partial charge in [-0.1, -0.05) is 18.2 Å². The maximum absolute atomic E-state index is 5.96. The zero-order valence-electron chi connectivity index (χ0n) is 13.6. The molecule has 0 saturated heterocycles. The molecule has 2 aromatic heterocycles. The Balaban J connectivity index is 1.49. The average molecular weight is 346 g/mol. The van der Waals surface area contributed by atoms with Crippen LogP contribution in [0.4, 0.5) is 5.95 Å². The van der Waals surface area contributed by atoms with Gasteiger partial charge in [-0.25, -0.2) is 15.0 Å². The van der Waals surface area contributed by atoms with E-state index in [1.807, 2.05) is 42.5 Å². The summed E-state index contributed by atoms with van der Waals surface area (Å²) >= 11 is 0.